The van der Waals surface area contributed by atoms with Gasteiger partial charge >= 0.3 is 0 Å². The molecule has 1 aliphatic carbocycles. The largest absolute Gasteiger partial charge is 0.355 e. The predicted octanol–water partition coefficient (Wildman–Crippen LogP) is 23.2. The van der Waals surface area contributed by atoms with Crippen molar-refractivity contribution >= 4 is 95.7 Å². The molecule has 0 unspecified atom stereocenters. The summed E-state index contributed by atoms with van der Waals surface area (Å²) in [6.45, 7) is 18.7. The third-order valence-electron chi connectivity index (χ3n) is 22.1. The Kier molecular flexibility index (Phi) is 12.7. The van der Waals surface area contributed by atoms with Crippen molar-refractivity contribution in [3.8, 4) is 11.5 Å². The molecule has 7 nitrogen and oxygen atoms in total. The van der Waals surface area contributed by atoms with E-state index in [9.17, 15) is 0 Å². The fraction of sp³-hybridized carbons (Fsp3) is 0.157. The van der Waals surface area contributed by atoms with Gasteiger partial charge in [0.15, 0.2) is 0 Å². The van der Waals surface area contributed by atoms with Crippen molar-refractivity contribution in [2.75, 3.05) is 20.0 Å². The lowest BCUT2D eigenvalue weighted by atomic mass is 9.73. The summed E-state index contributed by atoms with van der Waals surface area (Å²) in [5.41, 5.74) is 30.8. The average molecular weight is 1240 g/mol. The molecule has 7 heterocycles. The van der Waals surface area contributed by atoms with Crippen LogP contribution in [0.25, 0.3) is 50.3 Å². The van der Waals surface area contributed by atoms with Gasteiger partial charge in [0.2, 0.25) is 0 Å². The van der Waals surface area contributed by atoms with Gasteiger partial charge in [0.05, 0.1) is 51.2 Å². The lowest BCUT2D eigenvalue weighted by Crippen LogP contribution is -2.33. The smallest absolute Gasteiger partial charge is 0.137 e. The van der Waals surface area contributed by atoms with Gasteiger partial charge in [-0.2, -0.15) is 0 Å². The third kappa shape index (κ3) is 8.41. The first-order chi connectivity index (χ1) is 46.7. The number of pyridine rings is 1. The van der Waals surface area contributed by atoms with E-state index in [1.54, 1.807) is 0 Å². The maximum absolute atomic E-state index is 5.43. The SMILES string of the molecule is CC1(C)c2ccccc2N(C2=Cc3c(n(-c4ccc(-n5c6ccccc6c6cc(N7c8ccccc8C(C)(C)c8ccccc87)ccc65)nc4)c4ccc(N5c6ccccc6C(C)(C)c6ccccc65)cc34)CC2)c2ccccc21.CC1(C)c2ccccc2Nc2ccccc21. The van der Waals surface area contributed by atoms with Crippen molar-refractivity contribution in [1.29, 1.82) is 0 Å². The van der Waals surface area contributed by atoms with Gasteiger partial charge in [-0.3, -0.25) is 4.57 Å². The minimum atomic E-state index is -0.157. The van der Waals surface area contributed by atoms with E-state index in [-0.39, 0.29) is 21.7 Å². The van der Waals surface area contributed by atoms with Gasteiger partial charge < -0.3 is 24.6 Å². The Bertz CT molecular complexity index is 5360. The molecule has 0 bridgehead atoms. The summed E-state index contributed by atoms with van der Waals surface area (Å²) in [6.07, 6.45) is 6.34. The van der Waals surface area contributed by atoms with Crippen molar-refractivity contribution in [2.24, 2.45) is 0 Å². The van der Waals surface area contributed by atoms with Crippen LogP contribution in [0, 0.1) is 0 Å². The molecule has 0 radical (unpaired) electrons. The summed E-state index contributed by atoms with van der Waals surface area (Å²) in [7, 11) is 0. The lowest BCUT2D eigenvalue weighted by molar-refractivity contribution is 0.628. The number of allylic oxidation sites excluding steroid dienone is 1. The molecule has 3 aromatic heterocycles. The first kappa shape index (κ1) is 57.5. The summed E-state index contributed by atoms with van der Waals surface area (Å²) in [4.78, 5) is 12.9. The number of rotatable bonds is 5. The zero-order valence-corrected chi connectivity index (χ0v) is 55.7. The quantitative estimate of drug-likeness (QED) is 0.186. The number of hydrogen-bond donors (Lipinski definition) is 1. The fourth-order valence-electron chi connectivity index (χ4n) is 17.3. The minimum Gasteiger partial charge on any atom is -0.355 e. The number of hydrogen-bond acceptors (Lipinski definition) is 5. The maximum Gasteiger partial charge on any atom is 0.137 e. The molecular formula is C89H75N7. The van der Waals surface area contributed by atoms with Crippen LogP contribution in [-0.4, -0.2) is 14.1 Å². The molecule has 0 amide bonds. The molecule has 5 aliphatic rings. The van der Waals surface area contributed by atoms with Gasteiger partial charge in [0.1, 0.15) is 5.82 Å². The van der Waals surface area contributed by atoms with Crippen molar-refractivity contribution in [3.05, 3.63) is 335 Å². The number of nitrogens with zero attached hydrogens (tertiary/aromatic N) is 6. The molecule has 0 atom stereocenters. The Morgan fingerprint density at radius 2 is 0.677 bits per heavy atom. The van der Waals surface area contributed by atoms with E-state index in [2.05, 4.69) is 364 Å². The molecule has 1 N–H and O–H groups in total. The topological polar surface area (TPSA) is 44.5 Å². The highest BCUT2D eigenvalue weighted by Gasteiger charge is 2.41. The van der Waals surface area contributed by atoms with Gasteiger partial charge in [0.25, 0.3) is 0 Å². The van der Waals surface area contributed by atoms with Crippen molar-refractivity contribution < 1.29 is 0 Å². The van der Waals surface area contributed by atoms with E-state index in [4.69, 9.17) is 4.98 Å². The number of benzene rings is 11. The first-order valence-electron chi connectivity index (χ1n) is 34.0. The molecule has 0 saturated heterocycles. The molecule has 4 aliphatic heterocycles. The average Bonchev–Trinajstić information content (AvgIpc) is 1.32. The van der Waals surface area contributed by atoms with Crippen LogP contribution < -0.4 is 20.0 Å². The lowest BCUT2D eigenvalue weighted by Gasteiger charge is -2.43. The summed E-state index contributed by atoms with van der Waals surface area (Å²) >= 11 is 0. The molecule has 96 heavy (non-hydrogen) atoms. The summed E-state index contributed by atoms with van der Waals surface area (Å²) in [5.74, 6) is 0.883. The highest BCUT2D eigenvalue weighted by molar-refractivity contribution is 6.11. The highest BCUT2D eigenvalue weighted by atomic mass is 15.2. The zero-order chi connectivity index (χ0) is 65.0. The Labute approximate surface area is 562 Å². The van der Waals surface area contributed by atoms with Gasteiger partial charge in [-0.25, -0.2) is 4.98 Å². The molecule has 19 rings (SSSR count). The summed E-state index contributed by atoms with van der Waals surface area (Å²) in [5, 5.41) is 7.11. The van der Waals surface area contributed by atoms with Crippen LogP contribution in [0.1, 0.15) is 118 Å². The molecule has 0 spiro atoms. The highest BCUT2D eigenvalue weighted by Crippen LogP contribution is 2.56. The number of nitrogens with one attached hydrogen (secondary N) is 1. The van der Waals surface area contributed by atoms with E-state index in [1.165, 1.54) is 129 Å². The van der Waals surface area contributed by atoms with Gasteiger partial charge in [0, 0.05) is 88.9 Å². The van der Waals surface area contributed by atoms with Gasteiger partial charge in [-0.1, -0.05) is 219 Å². The van der Waals surface area contributed by atoms with Crippen molar-refractivity contribution in [2.45, 2.75) is 89.9 Å². The minimum absolute atomic E-state index is 0.0818. The van der Waals surface area contributed by atoms with Crippen molar-refractivity contribution in [1.82, 2.24) is 14.1 Å². The first-order valence-corrected chi connectivity index (χ1v) is 34.0. The maximum atomic E-state index is 5.43. The Hall–Kier alpha value is -11.2. The second kappa shape index (κ2) is 21.2. The van der Waals surface area contributed by atoms with Crippen LogP contribution in [-0.2, 0) is 28.1 Å². The normalized spacial score (nSPS) is 16.0. The van der Waals surface area contributed by atoms with Crippen LogP contribution in [0.5, 0.6) is 0 Å². The number of fused-ring (bicyclic) bond motifs is 14. The summed E-state index contributed by atoms with van der Waals surface area (Å²) in [6, 6.07) is 98.2. The monoisotopic (exact) mass is 1240 g/mol. The van der Waals surface area contributed by atoms with Crippen LogP contribution in [0.2, 0.25) is 0 Å². The predicted molar refractivity (Wildman–Crippen MR) is 401 cm³/mol. The van der Waals surface area contributed by atoms with Gasteiger partial charge in [-0.05, 0) is 167 Å². The zero-order valence-electron chi connectivity index (χ0n) is 55.7. The number of anilines is 10. The van der Waals surface area contributed by atoms with E-state index >= 15 is 0 Å². The Morgan fingerprint density at radius 3 is 1.14 bits per heavy atom. The molecule has 11 aromatic carbocycles. The summed E-state index contributed by atoms with van der Waals surface area (Å²) < 4.78 is 4.84. The van der Waals surface area contributed by atoms with E-state index in [1.807, 2.05) is 0 Å². The van der Waals surface area contributed by atoms with E-state index in [0.717, 1.165) is 46.8 Å². The fourth-order valence-corrected chi connectivity index (χ4v) is 17.3. The second-order valence-electron chi connectivity index (χ2n) is 28.8. The number of para-hydroxylation sites is 9. The molecule has 0 saturated carbocycles. The molecule has 7 heteroatoms. The molecule has 14 aromatic rings. The standard InChI is InChI=1S/C74H60N6.C15H15N/c1-72(2)55-22-8-15-29-65(55)76(66-30-16-9-23-56(66)72)47-37-41-64-52(43-47)51-21-7-14-28-61(51)80(64)71-42-38-50(46-75-71)79-62-39-35-48(77-67-31-17-10-24-57(67)73(3,4)58-25-11-18-32-68(58)77)44-53(62)54-45-49(36-40-63(54)79)78-69-33-19-12-26-59(69)74(5,6)60-27-13-20-34-70(60)78;1-15(2)11-7-3-5-9-13(11)16-14-10-6-4-8-12(14)15/h7-35,37-39,41-46H,36,40H2,1-6H3;3-10,16H,1-2H3. The van der Waals surface area contributed by atoms with Crippen LogP contribution in [0.3, 0.4) is 0 Å². The van der Waals surface area contributed by atoms with Crippen LogP contribution in [0.4, 0.5) is 56.9 Å². The molecule has 0 fully saturated rings. The van der Waals surface area contributed by atoms with E-state index in [0.29, 0.717) is 0 Å². The Morgan fingerprint density at radius 1 is 0.312 bits per heavy atom. The molecule has 466 valence electrons. The number of aromatic nitrogens is 3. The third-order valence-corrected chi connectivity index (χ3v) is 22.1. The van der Waals surface area contributed by atoms with Crippen molar-refractivity contribution in [3.63, 3.8) is 0 Å². The Balaban J connectivity index is 0.000000367. The van der Waals surface area contributed by atoms with Gasteiger partial charge in [-0.15, -0.1) is 0 Å². The van der Waals surface area contributed by atoms with E-state index < -0.39 is 0 Å². The van der Waals surface area contributed by atoms with Crippen LogP contribution in [0.15, 0.2) is 279 Å². The second-order valence-corrected chi connectivity index (χ2v) is 28.8. The van der Waals surface area contributed by atoms with Crippen LogP contribution >= 0.6 is 0 Å². The molecular weight excluding hydrogens is 1170 g/mol.